The van der Waals surface area contributed by atoms with E-state index in [0.717, 1.165) is 11.4 Å². The third kappa shape index (κ3) is 5.05. The average Bonchev–Trinajstić information content (AvgIpc) is 3.33. The van der Waals surface area contributed by atoms with Crippen LogP contribution in [0.2, 0.25) is 0 Å². The maximum Gasteiger partial charge on any atom is 0.244 e. The largest absolute Gasteiger partial charge is 0.497 e. The SMILES string of the molecule is COc1cccc(N2CCN(C(=O)Cn3nc(-c4ccc(F)cc4)nc3-c3ccc(F)cc3)CC2)c1. The van der Waals surface area contributed by atoms with Crippen molar-refractivity contribution in [3.8, 4) is 28.5 Å². The van der Waals surface area contributed by atoms with Crippen molar-refractivity contribution in [3.63, 3.8) is 0 Å². The zero-order valence-corrected chi connectivity index (χ0v) is 19.8. The van der Waals surface area contributed by atoms with Gasteiger partial charge in [0.25, 0.3) is 0 Å². The zero-order chi connectivity index (χ0) is 25.1. The first-order valence-corrected chi connectivity index (χ1v) is 11.6. The molecule has 184 valence electrons. The molecule has 1 saturated heterocycles. The van der Waals surface area contributed by atoms with Gasteiger partial charge in [0, 0.05) is 49.1 Å². The van der Waals surface area contributed by atoms with Crippen LogP contribution in [-0.2, 0) is 11.3 Å². The molecule has 0 aliphatic carbocycles. The standard InChI is InChI=1S/C27H25F2N5O2/c1-36-24-4-2-3-23(17-24)32-13-15-33(16-14-32)25(35)18-34-27(20-7-11-22(29)12-8-20)30-26(31-34)19-5-9-21(28)10-6-19/h2-12,17H,13-16,18H2,1H3. The lowest BCUT2D eigenvalue weighted by Gasteiger charge is -2.36. The van der Waals surface area contributed by atoms with Crippen molar-refractivity contribution < 1.29 is 18.3 Å². The zero-order valence-electron chi connectivity index (χ0n) is 19.8. The number of piperazine rings is 1. The molecule has 1 aliphatic rings. The van der Waals surface area contributed by atoms with Gasteiger partial charge in [0.1, 0.15) is 23.9 Å². The molecule has 0 bridgehead atoms. The van der Waals surface area contributed by atoms with Crippen LogP contribution in [0.3, 0.4) is 0 Å². The van der Waals surface area contributed by atoms with E-state index < -0.39 is 0 Å². The summed E-state index contributed by atoms with van der Waals surface area (Å²) in [5.41, 5.74) is 2.31. The number of aromatic nitrogens is 3. The Hall–Kier alpha value is -4.27. The van der Waals surface area contributed by atoms with Gasteiger partial charge < -0.3 is 14.5 Å². The molecule has 1 aromatic heterocycles. The second kappa shape index (κ2) is 10.2. The van der Waals surface area contributed by atoms with Crippen LogP contribution in [-0.4, -0.2) is 58.9 Å². The van der Waals surface area contributed by atoms with Crippen LogP contribution < -0.4 is 9.64 Å². The molecular formula is C27H25F2N5O2. The Balaban J connectivity index is 1.34. The number of halogens is 2. The van der Waals surface area contributed by atoms with Crippen LogP contribution in [0, 0.1) is 11.6 Å². The van der Waals surface area contributed by atoms with Gasteiger partial charge in [-0.05, 0) is 60.7 Å². The fraction of sp³-hybridized carbons (Fsp3) is 0.222. The first-order valence-electron chi connectivity index (χ1n) is 11.6. The monoisotopic (exact) mass is 489 g/mol. The van der Waals surface area contributed by atoms with Crippen molar-refractivity contribution in [1.29, 1.82) is 0 Å². The van der Waals surface area contributed by atoms with Gasteiger partial charge in [0.15, 0.2) is 11.6 Å². The van der Waals surface area contributed by atoms with Crippen LogP contribution in [0.15, 0.2) is 72.8 Å². The van der Waals surface area contributed by atoms with Gasteiger partial charge >= 0.3 is 0 Å². The molecule has 36 heavy (non-hydrogen) atoms. The number of hydrogen-bond acceptors (Lipinski definition) is 5. The van der Waals surface area contributed by atoms with Gasteiger partial charge in [-0.3, -0.25) is 4.79 Å². The lowest BCUT2D eigenvalue weighted by atomic mass is 10.2. The molecular weight excluding hydrogens is 464 g/mol. The Labute approximate surface area is 207 Å². The molecule has 2 heterocycles. The van der Waals surface area contributed by atoms with Crippen LogP contribution >= 0.6 is 0 Å². The highest BCUT2D eigenvalue weighted by molar-refractivity contribution is 5.77. The number of methoxy groups -OCH3 is 1. The molecule has 9 heteroatoms. The first kappa shape index (κ1) is 23.5. The minimum atomic E-state index is -0.367. The van der Waals surface area contributed by atoms with E-state index >= 15 is 0 Å². The number of anilines is 1. The summed E-state index contributed by atoms with van der Waals surface area (Å²) < 4.78 is 33.8. The van der Waals surface area contributed by atoms with Gasteiger partial charge in [-0.1, -0.05) is 6.07 Å². The van der Waals surface area contributed by atoms with Crippen molar-refractivity contribution in [2.45, 2.75) is 6.54 Å². The van der Waals surface area contributed by atoms with E-state index in [-0.39, 0.29) is 24.1 Å². The van der Waals surface area contributed by atoms with E-state index in [0.29, 0.717) is 49.0 Å². The number of carbonyl (C=O) groups is 1. The molecule has 0 N–H and O–H groups in total. The summed E-state index contributed by atoms with van der Waals surface area (Å²) in [7, 11) is 1.64. The highest BCUT2D eigenvalue weighted by Crippen LogP contribution is 2.25. The average molecular weight is 490 g/mol. The minimum absolute atomic E-state index is 0.0138. The summed E-state index contributed by atoms with van der Waals surface area (Å²) in [4.78, 5) is 21.9. The topological polar surface area (TPSA) is 63.5 Å². The molecule has 1 fully saturated rings. The van der Waals surface area contributed by atoms with E-state index in [9.17, 15) is 13.6 Å². The second-order valence-corrected chi connectivity index (χ2v) is 8.50. The maximum atomic E-state index is 13.5. The van der Waals surface area contributed by atoms with Crippen LogP contribution in [0.25, 0.3) is 22.8 Å². The third-order valence-electron chi connectivity index (χ3n) is 6.21. The smallest absolute Gasteiger partial charge is 0.244 e. The molecule has 0 radical (unpaired) electrons. The van der Waals surface area contributed by atoms with Gasteiger partial charge in [-0.15, -0.1) is 5.10 Å². The van der Waals surface area contributed by atoms with Crippen molar-refractivity contribution in [2.75, 3.05) is 38.2 Å². The molecule has 3 aromatic carbocycles. The number of carbonyl (C=O) groups excluding carboxylic acids is 1. The number of hydrogen-bond donors (Lipinski definition) is 0. The summed E-state index contributed by atoms with van der Waals surface area (Å²) in [5.74, 6) is 0.790. The van der Waals surface area contributed by atoms with Gasteiger partial charge in [0.2, 0.25) is 5.91 Å². The third-order valence-corrected chi connectivity index (χ3v) is 6.21. The Bertz CT molecular complexity index is 1350. The summed E-state index contributed by atoms with van der Waals surface area (Å²) in [6.07, 6.45) is 0. The summed E-state index contributed by atoms with van der Waals surface area (Å²) in [5, 5.41) is 4.54. The Morgan fingerprint density at radius 1 is 0.889 bits per heavy atom. The van der Waals surface area contributed by atoms with E-state index in [2.05, 4.69) is 15.0 Å². The fourth-order valence-corrected chi connectivity index (χ4v) is 4.24. The fourth-order valence-electron chi connectivity index (χ4n) is 4.24. The highest BCUT2D eigenvalue weighted by Gasteiger charge is 2.24. The Morgan fingerprint density at radius 2 is 1.53 bits per heavy atom. The van der Waals surface area contributed by atoms with Crippen molar-refractivity contribution >= 4 is 11.6 Å². The summed E-state index contributed by atoms with van der Waals surface area (Å²) in [6.45, 7) is 2.52. The lowest BCUT2D eigenvalue weighted by molar-refractivity contribution is -0.132. The molecule has 4 aromatic rings. The van der Waals surface area contributed by atoms with Gasteiger partial charge in [-0.25, -0.2) is 18.4 Å². The number of ether oxygens (including phenoxy) is 1. The number of rotatable bonds is 6. The van der Waals surface area contributed by atoms with E-state index in [1.54, 1.807) is 31.4 Å². The van der Waals surface area contributed by atoms with Gasteiger partial charge in [0.05, 0.1) is 7.11 Å². The van der Waals surface area contributed by atoms with Gasteiger partial charge in [-0.2, -0.15) is 0 Å². The molecule has 7 nitrogen and oxygen atoms in total. The first-order chi connectivity index (χ1) is 17.5. The van der Waals surface area contributed by atoms with Crippen molar-refractivity contribution in [1.82, 2.24) is 19.7 Å². The van der Waals surface area contributed by atoms with Crippen LogP contribution in [0.4, 0.5) is 14.5 Å². The van der Waals surface area contributed by atoms with Crippen molar-refractivity contribution in [2.24, 2.45) is 0 Å². The normalized spacial score (nSPS) is 13.6. The molecule has 0 spiro atoms. The molecule has 5 rings (SSSR count). The lowest BCUT2D eigenvalue weighted by Crippen LogP contribution is -2.49. The van der Waals surface area contributed by atoms with Crippen LogP contribution in [0.5, 0.6) is 5.75 Å². The molecule has 0 saturated carbocycles. The highest BCUT2D eigenvalue weighted by atomic mass is 19.1. The quantitative estimate of drug-likeness (QED) is 0.405. The van der Waals surface area contributed by atoms with E-state index in [1.165, 1.54) is 28.9 Å². The number of amides is 1. The molecule has 0 unspecified atom stereocenters. The van der Waals surface area contributed by atoms with Crippen molar-refractivity contribution in [3.05, 3.63) is 84.4 Å². The van der Waals surface area contributed by atoms with E-state index in [1.807, 2.05) is 29.2 Å². The number of benzene rings is 3. The summed E-state index contributed by atoms with van der Waals surface area (Å²) in [6, 6.07) is 19.6. The molecule has 0 atom stereocenters. The maximum absolute atomic E-state index is 13.5. The second-order valence-electron chi connectivity index (χ2n) is 8.50. The van der Waals surface area contributed by atoms with Crippen LogP contribution in [0.1, 0.15) is 0 Å². The van der Waals surface area contributed by atoms with E-state index in [4.69, 9.17) is 4.74 Å². The minimum Gasteiger partial charge on any atom is -0.497 e. The predicted molar refractivity (Wildman–Crippen MR) is 133 cm³/mol. The predicted octanol–water partition coefficient (Wildman–Crippen LogP) is 4.25. The Morgan fingerprint density at radius 3 is 2.17 bits per heavy atom. The molecule has 1 amide bonds. The Kier molecular flexibility index (Phi) is 6.62. The molecule has 1 aliphatic heterocycles. The number of nitrogens with zero attached hydrogens (tertiary/aromatic N) is 5. The summed E-state index contributed by atoms with van der Waals surface area (Å²) >= 11 is 0.